The molecule has 0 aromatic heterocycles. The summed E-state index contributed by atoms with van der Waals surface area (Å²) in [5.41, 5.74) is 0.795. The first-order valence-electron chi connectivity index (χ1n) is 7.18. The summed E-state index contributed by atoms with van der Waals surface area (Å²) in [5, 5.41) is 3.54. The normalized spacial score (nSPS) is 29.2. The zero-order valence-corrected chi connectivity index (χ0v) is 11.4. The molecule has 102 valence electrons. The van der Waals surface area contributed by atoms with Crippen molar-refractivity contribution in [3.63, 3.8) is 0 Å². The van der Waals surface area contributed by atoms with Gasteiger partial charge >= 0.3 is 0 Å². The molecule has 1 aromatic carbocycles. The Morgan fingerprint density at radius 2 is 2.11 bits per heavy atom. The lowest BCUT2D eigenvalue weighted by atomic mass is 9.90. The van der Waals surface area contributed by atoms with Gasteiger partial charge in [-0.2, -0.15) is 0 Å². The first-order chi connectivity index (χ1) is 9.28. The van der Waals surface area contributed by atoms with Crippen LogP contribution in [0.15, 0.2) is 24.3 Å². The molecule has 1 aromatic rings. The number of rotatable bonds is 4. The Labute approximate surface area is 114 Å². The highest BCUT2D eigenvalue weighted by molar-refractivity contribution is 5.96. The van der Waals surface area contributed by atoms with Crippen LogP contribution < -0.4 is 10.1 Å². The van der Waals surface area contributed by atoms with Crippen LogP contribution in [0.25, 0.3) is 0 Å². The van der Waals surface area contributed by atoms with Crippen LogP contribution in [0.3, 0.4) is 0 Å². The van der Waals surface area contributed by atoms with Crippen molar-refractivity contribution < 1.29 is 9.53 Å². The van der Waals surface area contributed by atoms with Crippen molar-refractivity contribution in [2.75, 3.05) is 13.7 Å². The Bertz CT molecular complexity index is 454. The Balaban J connectivity index is 1.64. The van der Waals surface area contributed by atoms with E-state index in [1.807, 2.05) is 24.3 Å². The molecule has 1 saturated carbocycles. The molecule has 1 aliphatic carbocycles. The topological polar surface area (TPSA) is 38.3 Å². The molecule has 0 bridgehead atoms. The number of Topliss-reactive ketones (excluding diaryl/α,β-unsaturated/α-hetero) is 1. The Kier molecular flexibility index (Phi) is 3.56. The largest absolute Gasteiger partial charge is 0.497 e. The number of ketones is 1. The summed E-state index contributed by atoms with van der Waals surface area (Å²) < 4.78 is 5.12. The Hall–Kier alpha value is -1.35. The van der Waals surface area contributed by atoms with E-state index in [4.69, 9.17) is 4.74 Å². The number of hydrogen-bond acceptors (Lipinski definition) is 3. The standard InChI is InChI=1S/C16H21NO2/c1-19-13-7-5-11(6-8-13)16(18)9-15-14-4-2-3-12(14)10-17-15/h5-8,12,14-15,17H,2-4,9-10H2,1H3. The number of methoxy groups -OCH3 is 1. The van der Waals surface area contributed by atoms with Crippen LogP contribution >= 0.6 is 0 Å². The van der Waals surface area contributed by atoms with Crippen molar-refractivity contribution in [1.29, 1.82) is 0 Å². The summed E-state index contributed by atoms with van der Waals surface area (Å²) in [6.45, 7) is 1.10. The molecule has 3 nitrogen and oxygen atoms in total. The van der Waals surface area contributed by atoms with Gasteiger partial charge in [0.25, 0.3) is 0 Å². The number of hydrogen-bond donors (Lipinski definition) is 1. The fraction of sp³-hybridized carbons (Fsp3) is 0.562. The van der Waals surface area contributed by atoms with Gasteiger partial charge in [0.15, 0.2) is 5.78 Å². The maximum atomic E-state index is 12.3. The monoisotopic (exact) mass is 259 g/mol. The molecule has 2 fully saturated rings. The van der Waals surface area contributed by atoms with Gasteiger partial charge in [0.1, 0.15) is 5.75 Å². The van der Waals surface area contributed by atoms with Crippen LogP contribution in [-0.2, 0) is 0 Å². The van der Waals surface area contributed by atoms with E-state index in [1.54, 1.807) is 7.11 Å². The number of benzene rings is 1. The molecule has 1 heterocycles. The lowest BCUT2D eigenvalue weighted by Crippen LogP contribution is -2.29. The summed E-state index contributed by atoms with van der Waals surface area (Å²) in [6, 6.07) is 7.83. The molecule has 3 heteroatoms. The number of carbonyl (C=O) groups is 1. The van der Waals surface area contributed by atoms with Gasteiger partial charge < -0.3 is 10.1 Å². The smallest absolute Gasteiger partial charge is 0.164 e. The second-order valence-electron chi connectivity index (χ2n) is 5.73. The molecule has 19 heavy (non-hydrogen) atoms. The minimum absolute atomic E-state index is 0.243. The molecule has 1 N–H and O–H groups in total. The van der Waals surface area contributed by atoms with E-state index >= 15 is 0 Å². The molecule has 0 radical (unpaired) electrons. The first-order valence-corrected chi connectivity index (χ1v) is 7.18. The fourth-order valence-corrected chi connectivity index (χ4v) is 3.62. The summed E-state index contributed by atoms with van der Waals surface area (Å²) in [7, 11) is 1.64. The zero-order valence-electron chi connectivity index (χ0n) is 11.4. The molecule has 1 aliphatic heterocycles. The third-order valence-corrected chi connectivity index (χ3v) is 4.69. The van der Waals surface area contributed by atoms with E-state index in [2.05, 4.69) is 5.32 Å². The van der Waals surface area contributed by atoms with E-state index in [1.165, 1.54) is 19.3 Å². The van der Waals surface area contributed by atoms with Crippen LogP contribution in [0.1, 0.15) is 36.0 Å². The lowest BCUT2D eigenvalue weighted by Gasteiger charge is -2.17. The molecule has 3 unspecified atom stereocenters. The zero-order chi connectivity index (χ0) is 13.2. The molecule has 3 rings (SSSR count). The number of ether oxygens (including phenoxy) is 1. The van der Waals surface area contributed by atoms with Gasteiger partial charge in [-0.15, -0.1) is 0 Å². The molecule has 2 aliphatic rings. The quantitative estimate of drug-likeness (QED) is 0.845. The summed E-state index contributed by atoms with van der Waals surface area (Å²) in [4.78, 5) is 12.3. The van der Waals surface area contributed by atoms with Crippen LogP contribution in [-0.4, -0.2) is 25.5 Å². The van der Waals surface area contributed by atoms with Crippen molar-refractivity contribution in [3.05, 3.63) is 29.8 Å². The number of nitrogens with one attached hydrogen (secondary N) is 1. The van der Waals surface area contributed by atoms with Gasteiger partial charge in [-0.05, 0) is 55.5 Å². The van der Waals surface area contributed by atoms with Gasteiger partial charge in [0.2, 0.25) is 0 Å². The second kappa shape index (κ2) is 5.33. The van der Waals surface area contributed by atoms with E-state index in [0.717, 1.165) is 29.7 Å². The van der Waals surface area contributed by atoms with Crippen LogP contribution in [0.2, 0.25) is 0 Å². The third-order valence-electron chi connectivity index (χ3n) is 4.69. The van der Waals surface area contributed by atoms with E-state index in [9.17, 15) is 4.79 Å². The summed E-state index contributed by atoms with van der Waals surface area (Å²) in [6.07, 6.45) is 4.60. The molecule has 0 amide bonds. The minimum atomic E-state index is 0.243. The SMILES string of the molecule is COc1ccc(C(=O)CC2NCC3CCCC32)cc1. The van der Waals surface area contributed by atoms with Crippen LogP contribution in [0, 0.1) is 11.8 Å². The third kappa shape index (κ3) is 2.52. The van der Waals surface area contributed by atoms with Crippen molar-refractivity contribution in [1.82, 2.24) is 5.32 Å². The van der Waals surface area contributed by atoms with Gasteiger partial charge in [0.05, 0.1) is 7.11 Å². The molecule has 1 saturated heterocycles. The van der Waals surface area contributed by atoms with Crippen molar-refractivity contribution >= 4 is 5.78 Å². The highest BCUT2D eigenvalue weighted by Crippen LogP contribution is 2.38. The van der Waals surface area contributed by atoms with Crippen molar-refractivity contribution in [2.45, 2.75) is 31.7 Å². The number of carbonyl (C=O) groups excluding carboxylic acids is 1. The summed E-state index contributed by atoms with van der Waals surface area (Å²) >= 11 is 0. The predicted octanol–water partition coefficient (Wildman–Crippen LogP) is 2.66. The second-order valence-corrected chi connectivity index (χ2v) is 5.73. The highest BCUT2D eigenvalue weighted by Gasteiger charge is 2.39. The van der Waals surface area contributed by atoms with Crippen LogP contribution in [0.4, 0.5) is 0 Å². The lowest BCUT2D eigenvalue weighted by molar-refractivity contribution is 0.0963. The maximum Gasteiger partial charge on any atom is 0.164 e. The van der Waals surface area contributed by atoms with Gasteiger partial charge in [-0.25, -0.2) is 0 Å². The van der Waals surface area contributed by atoms with E-state index in [0.29, 0.717) is 12.5 Å². The Morgan fingerprint density at radius 3 is 2.84 bits per heavy atom. The van der Waals surface area contributed by atoms with Gasteiger partial charge in [-0.3, -0.25) is 4.79 Å². The van der Waals surface area contributed by atoms with Crippen molar-refractivity contribution in [2.24, 2.45) is 11.8 Å². The maximum absolute atomic E-state index is 12.3. The first kappa shape index (κ1) is 12.7. The molecular formula is C16H21NO2. The summed E-state index contributed by atoms with van der Waals surface area (Å²) in [5.74, 6) is 2.58. The predicted molar refractivity (Wildman–Crippen MR) is 74.6 cm³/mol. The minimum Gasteiger partial charge on any atom is -0.497 e. The highest BCUT2D eigenvalue weighted by atomic mass is 16.5. The van der Waals surface area contributed by atoms with Gasteiger partial charge in [-0.1, -0.05) is 6.42 Å². The molecule has 3 atom stereocenters. The van der Waals surface area contributed by atoms with E-state index in [-0.39, 0.29) is 5.78 Å². The van der Waals surface area contributed by atoms with E-state index < -0.39 is 0 Å². The number of fused-ring (bicyclic) bond motifs is 1. The van der Waals surface area contributed by atoms with Crippen molar-refractivity contribution in [3.8, 4) is 5.75 Å². The molecule has 0 spiro atoms. The average Bonchev–Trinajstić information content (AvgIpc) is 3.04. The van der Waals surface area contributed by atoms with Crippen LogP contribution in [0.5, 0.6) is 5.75 Å². The van der Waals surface area contributed by atoms with Gasteiger partial charge in [0, 0.05) is 18.0 Å². The Morgan fingerprint density at radius 1 is 1.32 bits per heavy atom. The average molecular weight is 259 g/mol. The fourth-order valence-electron chi connectivity index (χ4n) is 3.62. The molecular weight excluding hydrogens is 238 g/mol.